The molecule has 120 valence electrons. The Labute approximate surface area is 131 Å². The molecule has 5 nitrogen and oxygen atoms in total. The molecule has 1 amide bonds. The van der Waals surface area contributed by atoms with E-state index >= 15 is 0 Å². The lowest BCUT2D eigenvalue weighted by atomic mass is 9.80. The number of aromatic amines is 1. The zero-order valence-corrected chi connectivity index (χ0v) is 13.7. The maximum Gasteiger partial charge on any atom is 0.407 e. The van der Waals surface area contributed by atoms with Gasteiger partial charge in [-0.05, 0) is 38.5 Å². The Kier molecular flexibility index (Phi) is 4.47. The van der Waals surface area contributed by atoms with Crippen molar-refractivity contribution < 1.29 is 9.53 Å². The molecular formula is C17H25N3O2. The van der Waals surface area contributed by atoms with Crippen molar-refractivity contribution in [3.63, 3.8) is 0 Å². The molecule has 1 unspecified atom stereocenters. The molecule has 5 heteroatoms. The van der Waals surface area contributed by atoms with E-state index in [4.69, 9.17) is 10.5 Å². The minimum atomic E-state index is -0.510. The molecule has 2 aromatic rings. The van der Waals surface area contributed by atoms with E-state index in [-0.39, 0.29) is 5.41 Å². The minimum absolute atomic E-state index is 0.362. The van der Waals surface area contributed by atoms with Gasteiger partial charge >= 0.3 is 6.09 Å². The zero-order valence-electron chi connectivity index (χ0n) is 13.7. The molecule has 0 aliphatic rings. The monoisotopic (exact) mass is 303 g/mol. The molecule has 0 radical (unpaired) electrons. The van der Waals surface area contributed by atoms with Gasteiger partial charge in [-0.2, -0.15) is 0 Å². The summed E-state index contributed by atoms with van der Waals surface area (Å²) in [7, 11) is 0. The largest absolute Gasteiger partial charge is 0.444 e. The van der Waals surface area contributed by atoms with Crippen LogP contribution in [0.25, 0.3) is 10.9 Å². The number of rotatable bonds is 4. The van der Waals surface area contributed by atoms with E-state index in [1.165, 1.54) is 0 Å². The van der Waals surface area contributed by atoms with Crippen LogP contribution in [-0.2, 0) is 10.2 Å². The summed E-state index contributed by atoms with van der Waals surface area (Å²) in [6.07, 6.45) is 1.49. The van der Waals surface area contributed by atoms with Crippen LogP contribution in [0.4, 0.5) is 4.79 Å². The van der Waals surface area contributed by atoms with Gasteiger partial charge in [-0.3, -0.25) is 0 Å². The second-order valence-electron chi connectivity index (χ2n) is 6.86. The molecule has 0 spiro atoms. The molecule has 0 saturated carbocycles. The summed E-state index contributed by atoms with van der Waals surface area (Å²) >= 11 is 0. The van der Waals surface area contributed by atoms with Crippen molar-refractivity contribution in [3.8, 4) is 0 Å². The third kappa shape index (κ3) is 3.60. The third-order valence-corrected chi connectivity index (χ3v) is 3.72. The Bertz CT molecular complexity index is 657. The van der Waals surface area contributed by atoms with Crippen LogP contribution in [0.2, 0.25) is 0 Å². The lowest BCUT2D eigenvalue weighted by Crippen LogP contribution is -2.45. The van der Waals surface area contributed by atoms with Crippen LogP contribution >= 0.6 is 0 Å². The van der Waals surface area contributed by atoms with Crippen molar-refractivity contribution in [1.82, 2.24) is 10.3 Å². The van der Waals surface area contributed by atoms with E-state index in [1.54, 1.807) is 0 Å². The van der Waals surface area contributed by atoms with E-state index in [0.717, 1.165) is 16.5 Å². The van der Waals surface area contributed by atoms with Gasteiger partial charge < -0.3 is 20.8 Å². The van der Waals surface area contributed by atoms with Gasteiger partial charge in [-0.25, -0.2) is 4.79 Å². The van der Waals surface area contributed by atoms with Crippen LogP contribution in [0.15, 0.2) is 30.5 Å². The van der Waals surface area contributed by atoms with E-state index in [1.807, 2.05) is 52.1 Å². The van der Waals surface area contributed by atoms with Crippen molar-refractivity contribution >= 4 is 17.0 Å². The summed E-state index contributed by atoms with van der Waals surface area (Å²) in [6.45, 7) is 8.42. The maximum absolute atomic E-state index is 11.9. The van der Waals surface area contributed by atoms with E-state index < -0.39 is 11.7 Å². The zero-order chi connectivity index (χ0) is 16.4. The number of benzene rings is 1. The number of aromatic nitrogens is 1. The number of carbonyl (C=O) groups excluding carboxylic acids is 1. The molecule has 1 atom stereocenters. The molecule has 1 heterocycles. The average Bonchev–Trinajstić information content (AvgIpc) is 2.91. The quantitative estimate of drug-likeness (QED) is 0.812. The van der Waals surface area contributed by atoms with Gasteiger partial charge in [0, 0.05) is 35.6 Å². The summed E-state index contributed by atoms with van der Waals surface area (Å²) in [4.78, 5) is 15.1. The van der Waals surface area contributed by atoms with Crippen molar-refractivity contribution in [3.05, 3.63) is 36.0 Å². The van der Waals surface area contributed by atoms with Gasteiger partial charge in [-0.15, -0.1) is 0 Å². The van der Waals surface area contributed by atoms with Gasteiger partial charge in [-0.1, -0.05) is 19.1 Å². The topological polar surface area (TPSA) is 80.1 Å². The second-order valence-corrected chi connectivity index (χ2v) is 6.86. The number of H-pyrrole nitrogens is 1. The Morgan fingerprint density at radius 1 is 1.27 bits per heavy atom. The highest BCUT2D eigenvalue weighted by molar-refractivity contribution is 5.84. The normalized spacial score (nSPS) is 14.6. The molecule has 0 fully saturated rings. The average molecular weight is 303 g/mol. The first-order valence-corrected chi connectivity index (χ1v) is 7.49. The second kappa shape index (κ2) is 6.01. The van der Waals surface area contributed by atoms with Crippen molar-refractivity contribution in [2.45, 2.75) is 38.7 Å². The number of hydrogen-bond acceptors (Lipinski definition) is 3. The molecular weight excluding hydrogens is 278 g/mol. The molecule has 0 bridgehead atoms. The summed E-state index contributed by atoms with van der Waals surface area (Å²) in [6, 6.07) is 8.11. The summed E-state index contributed by atoms with van der Waals surface area (Å²) in [5, 5.41) is 3.96. The Morgan fingerprint density at radius 3 is 2.64 bits per heavy atom. The molecule has 4 N–H and O–H groups in total. The lowest BCUT2D eigenvalue weighted by molar-refractivity contribution is 0.0516. The standard InChI is InChI=1S/C17H25N3O2/c1-16(2,3)22-15(21)20-11-17(4,10-18)13-6-5-7-14-12(13)8-9-19-14/h5-9,19H,10-11,18H2,1-4H3,(H,20,21). The van der Waals surface area contributed by atoms with E-state index in [9.17, 15) is 4.79 Å². The molecule has 1 aromatic heterocycles. The van der Waals surface area contributed by atoms with Crippen molar-refractivity contribution in [2.24, 2.45) is 5.73 Å². The minimum Gasteiger partial charge on any atom is -0.444 e. The van der Waals surface area contributed by atoms with Crippen LogP contribution in [-0.4, -0.2) is 29.8 Å². The number of ether oxygens (including phenoxy) is 1. The fraction of sp³-hybridized carbons (Fsp3) is 0.471. The van der Waals surface area contributed by atoms with E-state index in [0.29, 0.717) is 13.1 Å². The SMILES string of the molecule is CC(C)(C)OC(=O)NCC(C)(CN)c1cccc2[nH]ccc12. The molecule has 0 saturated heterocycles. The predicted octanol–water partition coefficient (Wildman–Crippen LogP) is 2.91. The molecule has 2 rings (SSSR count). The highest BCUT2D eigenvalue weighted by Crippen LogP contribution is 2.29. The van der Waals surface area contributed by atoms with Crippen LogP contribution < -0.4 is 11.1 Å². The number of fused-ring (bicyclic) bond motifs is 1. The first-order chi connectivity index (χ1) is 10.2. The molecule has 0 aliphatic heterocycles. The fourth-order valence-corrected chi connectivity index (χ4v) is 2.47. The Balaban J connectivity index is 2.19. The highest BCUT2D eigenvalue weighted by atomic mass is 16.6. The number of carbonyl (C=O) groups is 1. The molecule has 22 heavy (non-hydrogen) atoms. The lowest BCUT2D eigenvalue weighted by Gasteiger charge is -2.30. The molecule has 0 aliphatic carbocycles. The number of amides is 1. The van der Waals surface area contributed by atoms with Gasteiger partial charge in [0.2, 0.25) is 0 Å². The Morgan fingerprint density at radius 2 is 2.00 bits per heavy atom. The number of hydrogen-bond donors (Lipinski definition) is 3. The smallest absolute Gasteiger partial charge is 0.407 e. The summed E-state index contributed by atoms with van der Waals surface area (Å²) in [5.41, 5.74) is 7.32. The number of alkyl carbamates (subject to hydrolysis) is 1. The van der Waals surface area contributed by atoms with Crippen molar-refractivity contribution in [2.75, 3.05) is 13.1 Å². The number of nitrogens with two attached hydrogens (primary N) is 1. The third-order valence-electron chi connectivity index (χ3n) is 3.72. The van der Waals surface area contributed by atoms with Crippen LogP contribution in [0.5, 0.6) is 0 Å². The summed E-state index contributed by atoms with van der Waals surface area (Å²) in [5.74, 6) is 0. The van der Waals surface area contributed by atoms with Gasteiger partial charge in [0.1, 0.15) is 5.60 Å². The first-order valence-electron chi connectivity index (χ1n) is 7.49. The predicted molar refractivity (Wildman–Crippen MR) is 88.9 cm³/mol. The van der Waals surface area contributed by atoms with Gasteiger partial charge in [0.05, 0.1) is 0 Å². The maximum atomic E-state index is 11.9. The molecule has 1 aromatic carbocycles. The van der Waals surface area contributed by atoms with Crippen molar-refractivity contribution in [1.29, 1.82) is 0 Å². The fourth-order valence-electron chi connectivity index (χ4n) is 2.47. The highest BCUT2D eigenvalue weighted by Gasteiger charge is 2.28. The van der Waals surface area contributed by atoms with E-state index in [2.05, 4.69) is 16.4 Å². The van der Waals surface area contributed by atoms with Gasteiger partial charge in [0.25, 0.3) is 0 Å². The summed E-state index contributed by atoms with van der Waals surface area (Å²) < 4.78 is 5.29. The first kappa shape index (κ1) is 16.4. The Hall–Kier alpha value is -2.01. The number of nitrogens with one attached hydrogen (secondary N) is 2. The van der Waals surface area contributed by atoms with Crippen LogP contribution in [0, 0.1) is 0 Å². The van der Waals surface area contributed by atoms with Crippen LogP contribution in [0.1, 0.15) is 33.3 Å². The van der Waals surface area contributed by atoms with Gasteiger partial charge in [0.15, 0.2) is 0 Å². The van der Waals surface area contributed by atoms with Crippen LogP contribution in [0.3, 0.4) is 0 Å².